The van der Waals surface area contributed by atoms with Crippen LogP contribution in [0.5, 0.6) is 0 Å². The Morgan fingerprint density at radius 1 is 1.06 bits per heavy atom. The molecule has 0 saturated heterocycles. The van der Waals surface area contributed by atoms with E-state index in [1.165, 1.54) is 38.5 Å². The molecule has 0 N–H and O–H groups in total. The van der Waals surface area contributed by atoms with Crippen LogP contribution in [0.4, 0.5) is 0 Å². The van der Waals surface area contributed by atoms with Gasteiger partial charge in [0.15, 0.2) is 0 Å². The third kappa shape index (κ3) is 12.0. The summed E-state index contributed by atoms with van der Waals surface area (Å²) < 4.78 is 26.3. The highest BCUT2D eigenvalue weighted by atomic mass is 32.2. The minimum absolute atomic E-state index is 0.327. The fraction of sp³-hybridized carbons (Fsp3) is 1.00. The van der Waals surface area contributed by atoms with Crippen LogP contribution in [-0.2, 0) is 14.3 Å². The maximum Gasteiger partial charge on any atom is 0.264 e. The number of hydrogen-bond donors (Lipinski definition) is 0. The molecule has 0 fully saturated rings. The van der Waals surface area contributed by atoms with Crippen molar-refractivity contribution in [2.75, 3.05) is 12.9 Å². The van der Waals surface area contributed by atoms with Crippen molar-refractivity contribution in [1.82, 2.24) is 0 Å². The molecular weight excluding hydrogens is 224 g/mol. The predicted octanol–water partition coefficient (Wildman–Crippen LogP) is 3.35. The maximum atomic E-state index is 10.8. The van der Waals surface area contributed by atoms with Gasteiger partial charge in [-0.3, -0.25) is 4.18 Å². The molecular formula is C12H26O3S. The predicted molar refractivity (Wildman–Crippen MR) is 68.0 cm³/mol. The van der Waals surface area contributed by atoms with E-state index in [0.29, 0.717) is 12.5 Å². The summed E-state index contributed by atoms with van der Waals surface area (Å²) in [6.07, 6.45) is 9.82. The molecule has 16 heavy (non-hydrogen) atoms. The van der Waals surface area contributed by atoms with E-state index in [1.807, 2.05) is 6.92 Å². The lowest BCUT2D eigenvalue weighted by Gasteiger charge is -2.10. The molecule has 1 atom stereocenters. The molecule has 0 aromatic heterocycles. The molecule has 0 amide bonds. The van der Waals surface area contributed by atoms with E-state index >= 15 is 0 Å². The summed E-state index contributed by atoms with van der Waals surface area (Å²) in [7, 11) is -3.26. The zero-order valence-electron chi connectivity index (χ0n) is 10.9. The zero-order chi connectivity index (χ0) is 12.4. The SMILES string of the molecule is CCCCCCCCC(C)COS(C)(=O)=O. The van der Waals surface area contributed by atoms with E-state index in [2.05, 4.69) is 6.92 Å². The van der Waals surface area contributed by atoms with Gasteiger partial charge in [0.2, 0.25) is 0 Å². The zero-order valence-corrected chi connectivity index (χ0v) is 11.7. The van der Waals surface area contributed by atoms with Gasteiger partial charge in [0.25, 0.3) is 10.1 Å². The maximum absolute atomic E-state index is 10.8. The first kappa shape index (κ1) is 15.9. The average Bonchev–Trinajstić information content (AvgIpc) is 2.19. The van der Waals surface area contributed by atoms with Crippen molar-refractivity contribution in [3.05, 3.63) is 0 Å². The summed E-state index contributed by atoms with van der Waals surface area (Å²) in [6.45, 7) is 4.58. The quantitative estimate of drug-likeness (QED) is 0.441. The van der Waals surface area contributed by atoms with E-state index in [9.17, 15) is 8.42 Å². The normalized spacial score (nSPS) is 13.9. The molecule has 0 rings (SSSR count). The second kappa shape index (κ2) is 8.99. The Labute approximate surface area is 101 Å². The van der Waals surface area contributed by atoms with Crippen LogP contribution < -0.4 is 0 Å². The minimum Gasteiger partial charge on any atom is -0.270 e. The van der Waals surface area contributed by atoms with Gasteiger partial charge in [-0.2, -0.15) is 8.42 Å². The molecule has 0 aliphatic carbocycles. The first-order valence-corrected chi connectivity index (χ1v) is 8.11. The third-order valence-corrected chi connectivity index (χ3v) is 3.18. The van der Waals surface area contributed by atoms with Crippen LogP contribution >= 0.6 is 0 Å². The molecule has 0 aliphatic rings. The van der Waals surface area contributed by atoms with E-state index in [1.54, 1.807) is 0 Å². The second-order valence-electron chi connectivity index (χ2n) is 4.65. The number of rotatable bonds is 10. The van der Waals surface area contributed by atoms with Gasteiger partial charge in [-0.1, -0.05) is 52.4 Å². The van der Waals surface area contributed by atoms with E-state index < -0.39 is 10.1 Å². The lowest BCUT2D eigenvalue weighted by atomic mass is 10.0. The van der Waals surface area contributed by atoms with Gasteiger partial charge in [0.05, 0.1) is 12.9 Å². The molecule has 0 aromatic rings. The summed E-state index contributed by atoms with van der Waals surface area (Å²) in [5.41, 5.74) is 0. The van der Waals surface area contributed by atoms with Gasteiger partial charge in [-0.15, -0.1) is 0 Å². The summed E-state index contributed by atoms with van der Waals surface area (Å²) in [5.74, 6) is 0.334. The van der Waals surface area contributed by atoms with Crippen LogP contribution in [0.15, 0.2) is 0 Å². The van der Waals surface area contributed by atoms with Gasteiger partial charge in [-0.05, 0) is 12.3 Å². The van der Waals surface area contributed by atoms with Gasteiger partial charge >= 0.3 is 0 Å². The number of unbranched alkanes of at least 4 members (excludes halogenated alkanes) is 5. The van der Waals surface area contributed by atoms with Gasteiger partial charge in [0, 0.05) is 0 Å². The standard InChI is InChI=1S/C12H26O3S/c1-4-5-6-7-8-9-10-12(2)11-15-16(3,13)14/h12H,4-11H2,1-3H3. The van der Waals surface area contributed by atoms with Crippen LogP contribution in [0, 0.1) is 5.92 Å². The fourth-order valence-electron chi connectivity index (χ4n) is 1.60. The van der Waals surface area contributed by atoms with Crippen LogP contribution in [-0.4, -0.2) is 21.3 Å². The Balaban J connectivity index is 3.34. The lowest BCUT2D eigenvalue weighted by Crippen LogP contribution is -2.10. The van der Waals surface area contributed by atoms with Crippen molar-refractivity contribution >= 4 is 10.1 Å². The molecule has 0 heterocycles. The van der Waals surface area contributed by atoms with Crippen molar-refractivity contribution in [2.45, 2.75) is 58.8 Å². The van der Waals surface area contributed by atoms with Gasteiger partial charge < -0.3 is 0 Å². The Hall–Kier alpha value is -0.0900. The monoisotopic (exact) mass is 250 g/mol. The summed E-state index contributed by atoms with van der Waals surface area (Å²) in [5, 5.41) is 0. The van der Waals surface area contributed by atoms with Crippen LogP contribution in [0.1, 0.15) is 58.8 Å². The Kier molecular flexibility index (Phi) is 8.94. The first-order valence-electron chi connectivity index (χ1n) is 6.30. The van der Waals surface area contributed by atoms with Crippen molar-refractivity contribution < 1.29 is 12.6 Å². The highest BCUT2D eigenvalue weighted by Crippen LogP contribution is 2.12. The highest BCUT2D eigenvalue weighted by molar-refractivity contribution is 7.85. The van der Waals surface area contributed by atoms with Crippen LogP contribution in [0.25, 0.3) is 0 Å². The van der Waals surface area contributed by atoms with Crippen molar-refractivity contribution in [3.63, 3.8) is 0 Å². The molecule has 0 radical (unpaired) electrons. The summed E-state index contributed by atoms with van der Waals surface area (Å²) in [6, 6.07) is 0. The Morgan fingerprint density at radius 3 is 2.19 bits per heavy atom. The topological polar surface area (TPSA) is 43.4 Å². The van der Waals surface area contributed by atoms with E-state index in [4.69, 9.17) is 4.18 Å². The van der Waals surface area contributed by atoms with E-state index in [0.717, 1.165) is 12.7 Å². The van der Waals surface area contributed by atoms with Gasteiger partial charge in [0.1, 0.15) is 0 Å². The summed E-state index contributed by atoms with van der Waals surface area (Å²) in [4.78, 5) is 0. The molecule has 1 unspecified atom stereocenters. The molecule has 0 bridgehead atoms. The smallest absolute Gasteiger partial charge is 0.264 e. The molecule has 3 nitrogen and oxygen atoms in total. The van der Waals surface area contributed by atoms with Gasteiger partial charge in [-0.25, -0.2) is 0 Å². The fourth-order valence-corrected chi connectivity index (χ4v) is 2.08. The minimum atomic E-state index is -3.26. The second-order valence-corrected chi connectivity index (χ2v) is 6.29. The Bertz CT molecular complexity index is 247. The largest absolute Gasteiger partial charge is 0.270 e. The molecule has 4 heteroatoms. The molecule has 0 aromatic carbocycles. The molecule has 0 saturated carbocycles. The molecule has 0 spiro atoms. The van der Waals surface area contributed by atoms with Crippen molar-refractivity contribution in [2.24, 2.45) is 5.92 Å². The average molecular weight is 250 g/mol. The van der Waals surface area contributed by atoms with Crippen LogP contribution in [0.3, 0.4) is 0 Å². The molecule has 0 aliphatic heterocycles. The third-order valence-electron chi connectivity index (χ3n) is 2.62. The lowest BCUT2D eigenvalue weighted by molar-refractivity contribution is 0.256. The number of hydrogen-bond acceptors (Lipinski definition) is 3. The van der Waals surface area contributed by atoms with Crippen molar-refractivity contribution in [1.29, 1.82) is 0 Å². The first-order chi connectivity index (χ1) is 7.45. The molecule has 98 valence electrons. The summed E-state index contributed by atoms with van der Waals surface area (Å²) >= 11 is 0. The highest BCUT2D eigenvalue weighted by Gasteiger charge is 2.07. The van der Waals surface area contributed by atoms with Crippen molar-refractivity contribution in [3.8, 4) is 0 Å². The van der Waals surface area contributed by atoms with Crippen LogP contribution in [0.2, 0.25) is 0 Å². The Morgan fingerprint density at radius 2 is 1.62 bits per heavy atom. The van der Waals surface area contributed by atoms with E-state index in [-0.39, 0.29) is 0 Å².